The Morgan fingerprint density at radius 2 is 0.588 bits per heavy atom. The molecule has 6 nitrogen and oxygen atoms in total. The molecular weight excluding hydrogens is 983 g/mol. The number of rotatable bonds is 70. The van der Waals surface area contributed by atoms with Gasteiger partial charge >= 0.3 is 5.97 Å². The van der Waals surface area contributed by atoms with Crippen LogP contribution in [0.1, 0.15) is 425 Å². The summed E-state index contributed by atoms with van der Waals surface area (Å²) in [5.41, 5.74) is 0. The fraction of sp³-hybridized carbons (Fsp3) is 0.946. The Labute approximate surface area is 501 Å². The van der Waals surface area contributed by atoms with Crippen molar-refractivity contribution in [3.05, 3.63) is 12.2 Å². The van der Waals surface area contributed by atoms with Crippen molar-refractivity contribution in [1.82, 2.24) is 5.32 Å². The minimum absolute atomic E-state index is 0.0205. The number of unbranched alkanes of at least 4 members (excludes halogenated alkanes) is 57. The quantitative estimate of drug-likeness (QED) is 0.0320. The molecule has 0 aromatic heterocycles. The third kappa shape index (κ3) is 65.7. The molecule has 0 aromatic rings. The van der Waals surface area contributed by atoms with E-state index >= 15 is 0 Å². The number of aliphatic hydroxyl groups excluding tert-OH is 2. The van der Waals surface area contributed by atoms with Crippen LogP contribution in [0.15, 0.2) is 12.2 Å². The summed E-state index contributed by atoms with van der Waals surface area (Å²) in [6, 6.07) is -0.541. The summed E-state index contributed by atoms with van der Waals surface area (Å²) in [5.74, 6) is -0.00968. The highest BCUT2D eigenvalue weighted by atomic mass is 16.5. The highest BCUT2D eigenvalue weighted by molar-refractivity contribution is 5.76. The number of allylic oxidation sites excluding steroid dienone is 2. The second-order valence-electron chi connectivity index (χ2n) is 25.6. The van der Waals surface area contributed by atoms with Crippen molar-refractivity contribution in [3.8, 4) is 0 Å². The van der Waals surface area contributed by atoms with E-state index in [1.54, 1.807) is 0 Å². The van der Waals surface area contributed by atoms with Gasteiger partial charge in [-0.2, -0.15) is 0 Å². The zero-order valence-electron chi connectivity index (χ0n) is 54.6. The smallest absolute Gasteiger partial charge is 0.305 e. The van der Waals surface area contributed by atoms with Gasteiger partial charge < -0.3 is 20.3 Å². The van der Waals surface area contributed by atoms with E-state index in [4.69, 9.17) is 4.74 Å². The Balaban J connectivity index is 3.36. The Bertz CT molecular complexity index is 1210. The lowest BCUT2D eigenvalue weighted by atomic mass is 10.0. The molecule has 0 fully saturated rings. The number of amides is 1. The van der Waals surface area contributed by atoms with E-state index in [0.29, 0.717) is 25.9 Å². The van der Waals surface area contributed by atoms with Gasteiger partial charge in [0.1, 0.15) is 0 Å². The number of carbonyl (C=O) groups is 2. The number of hydrogen-bond donors (Lipinski definition) is 3. The molecule has 0 aliphatic carbocycles. The topological polar surface area (TPSA) is 95.9 Å². The van der Waals surface area contributed by atoms with Crippen LogP contribution in [-0.4, -0.2) is 47.4 Å². The maximum Gasteiger partial charge on any atom is 0.305 e. The number of carbonyl (C=O) groups excluding carboxylic acids is 2. The van der Waals surface area contributed by atoms with Gasteiger partial charge in [0.2, 0.25) is 5.91 Å². The molecule has 1 amide bonds. The van der Waals surface area contributed by atoms with Gasteiger partial charge in [0.25, 0.3) is 0 Å². The zero-order valence-corrected chi connectivity index (χ0v) is 54.6. The first-order chi connectivity index (χ1) is 39.5. The first-order valence-corrected chi connectivity index (χ1v) is 36.9. The van der Waals surface area contributed by atoms with Crippen molar-refractivity contribution in [2.24, 2.45) is 0 Å². The summed E-state index contributed by atoms with van der Waals surface area (Å²) in [6.07, 6.45) is 87.0. The van der Waals surface area contributed by atoms with Crippen LogP contribution in [0, 0.1) is 0 Å². The van der Waals surface area contributed by atoms with Gasteiger partial charge in [0.05, 0.1) is 25.4 Å². The molecule has 2 atom stereocenters. The van der Waals surface area contributed by atoms with Gasteiger partial charge in [-0.3, -0.25) is 9.59 Å². The van der Waals surface area contributed by atoms with Gasteiger partial charge in [-0.15, -0.1) is 0 Å². The van der Waals surface area contributed by atoms with Gasteiger partial charge in [-0.25, -0.2) is 0 Å². The lowest BCUT2D eigenvalue weighted by Gasteiger charge is -2.22. The summed E-state index contributed by atoms with van der Waals surface area (Å²) < 4.78 is 5.50. The Morgan fingerprint density at radius 1 is 0.338 bits per heavy atom. The van der Waals surface area contributed by atoms with Crippen LogP contribution < -0.4 is 5.32 Å². The number of hydrogen-bond acceptors (Lipinski definition) is 5. The second-order valence-corrected chi connectivity index (χ2v) is 25.6. The molecular formula is C74H145NO5. The van der Waals surface area contributed by atoms with Crippen LogP contribution in [-0.2, 0) is 14.3 Å². The van der Waals surface area contributed by atoms with Crippen molar-refractivity contribution in [3.63, 3.8) is 0 Å². The van der Waals surface area contributed by atoms with E-state index in [1.165, 1.54) is 353 Å². The number of aliphatic hydroxyl groups is 2. The molecule has 0 aliphatic heterocycles. The van der Waals surface area contributed by atoms with Crippen LogP contribution in [0.4, 0.5) is 0 Å². The Hall–Kier alpha value is -1.40. The molecule has 80 heavy (non-hydrogen) atoms. The molecule has 6 heteroatoms. The number of esters is 1. The van der Waals surface area contributed by atoms with Crippen LogP contribution in [0.3, 0.4) is 0 Å². The highest BCUT2D eigenvalue weighted by Gasteiger charge is 2.20. The largest absolute Gasteiger partial charge is 0.466 e. The summed E-state index contributed by atoms with van der Waals surface area (Å²) in [7, 11) is 0. The van der Waals surface area contributed by atoms with E-state index < -0.39 is 12.1 Å². The Morgan fingerprint density at radius 3 is 0.887 bits per heavy atom. The lowest BCUT2D eigenvalue weighted by Crippen LogP contribution is -2.45. The number of nitrogens with one attached hydrogen (secondary N) is 1. The normalized spacial score (nSPS) is 12.5. The predicted octanol–water partition coefficient (Wildman–Crippen LogP) is 23.9. The third-order valence-corrected chi connectivity index (χ3v) is 17.6. The first kappa shape index (κ1) is 78.6. The molecule has 3 N–H and O–H groups in total. The van der Waals surface area contributed by atoms with Crippen LogP contribution in [0.2, 0.25) is 0 Å². The van der Waals surface area contributed by atoms with Crippen molar-refractivity contribution < 1.29 is 24.5 Å². The van der Waals surface area contributed by atoms with E-state index in [2.05, 4.69) is 31.3 Å². The summed E-state index contributed by atoms with van der Waals surface area (Å²) >= 11 is 0. The van der Waals surface area contributed by atoms with E-state index in [-0.39, 0.29) is 18.5 Å². The second kappa shape index (κ2) is 70.1. The maximum absolute atomic E-state index is 12.5. The summed E-state index contributed by atoms with van der Waals surface area (Å²) in [4.78, 5) is 24.6. The molecule has 0 radical (unpaired) electrons. The van der Waals surface area contributed by atoms with Crippen molar-refractivity contribution in [2.45, 2.75) is 437 Å². The molecule has 0 heterocycles. The van der Waals surface area contributed by atoms with Gasteiger partial charge in [-0.05, 0) is 51.4 Å². The third-order valence-electron chi connectivity index (χ3n) is 17.6. The average molecular weight is 1130 g/mol. The van der Waals surface area contributed by atoms with E-state index in [9.17, 15) is 19.8 Å². The molecule has 0 aromatic carbocycles. The monoisotopic (exact) mass is 1130 g/mol. The van der Waals surface area contributed by atoms with Crippen molar-refractivity contribution in [2.75, 3.05) is 13.2 Å². The van der Waals surface area contributed by atoms with Crippen LogP contribution in [0.25, 0.3) is 0 Å². The minimum atomic E-state index is -0.664. The van der Waals surface area contributed by atoms with Crippen molar-refractivity contribution >= 4 is 11.9 Å². The van der Waals surface area contributed by atoms with Crippen LogP contribution in [0.5, 0.6) is 0 Å². The fourth-order valence-corrected chi connectivity index (χ4v) is 11.9. The first-order valence-electron chi connectivity index (χ1n) is 36.9. The molecule has 0 rings (SSSR count). The molecule has 0 spiro atoms. The molecule has 0 bridgehead atoms. The SMILES string of the molecule is CCCCCCCCCCCCCCCCCCCCCC(O)C(CO)NC(=O)CCCCCCCCCCCCCC/C=C\CCCCCCCCCCCCCCOC(=O)CCCCCCCCCCCCCCCCCC. The minimum Gasteiger partial charge on any atom is -0.466 e. The van der Waals surface area contributed by atoms with Crippen molar-refractivity contribution in [1.29, 1.82) is 0 Å². The molecule has 0 saturated carbocycles. The molecule has 0 aliphatic rings. The average Bonchev–Trinajstić information content (AvgIpc) is 3.46. The standard InChI is InChI=1S/C74H145NO5/c1-3-5-7-9-11-13-15-17-19-21-32-35-38-42-46-50-54-58-62-66-72(77)71(70-76)75-73(78)67-63-59-55-51-47-43-39-36-33-30-28-26-24-22-23-25-27-29-31-34-37-41-45-49-53-57-61-65-69-80-74(79)68-64-60-56-52-48-44-40-20-18-16-14-12-10-8-6-4-2/h22-23,71-72,76-77H,3-21,24-70H2,1-2H3,(H,75,78)/b23-22-. The Kier molecular flexibility index (Phi) is 68.9. The van der Waals surface area contributed by atoms with E-state index in [0.717, 1.165) is 38.5 Å². The van der Waals surface area contributed by atoms with Gasteiger partial charge in [-0.1, -0.05) is 373 Å². The number of ether oxygens (including phenoxy) is 1. The molecule has 0 saturated heterocycles. The maximum atomic E-state index is 12.5. The highest BCUT2D eigenvalue weighted by Crippen LogP contribution is 2.19. The van der Waals surface area contributed by atoms with Gasteiger partial charge in [0.15, 0.2) is 0 Å². The zero-order chi connectivity index (χ0) is 57.8. The summed E-state index contributed by atoms with van der Waals surface area (Å²) in [5, 5.41) is 23.4. The lowest BCUT2D eigenvalue weighted by molar-refractivity contribution is -0.143. The summed E-state index contributed by atoms with van der Waals surface area (Å²) in [6.45, 7) is 5.01. The van der Waals surface area contributed by atoms with E-state index in [1.807, 2.05) is 0 Å². The van der Waals surface area contributed by atoms with Crippen LogP contribution >= 0.6 is 0 Å². The van der Waals surface area contributed by atoms with Gasteiger partial charge in [0, 0.05) is 12.8 Å². The fourth-order valence-electron chi connectivity index (χ4n) is 11.9. The molecule has 2 unspecified atom stereocenters. The predicted molar refractivity (Wildman–Crippen MR) is 352 cm³/mol. The molecule has 476 valence electrons.